The topological polar surface area (TPSA) is 59.4 Å². The lowest BCUT2D eigenvalue weighted by Crippen LogP contribution is -2.03. The molecule has 0 aliphatic rings. The average molecular weight is 263 g/mol. The summed E-state index contributed by atoms with van der Waals surface area (Å²) in [5.74, 6) is -0.0211. The minimum absolute atomic E-state index is 0.0178. The van der Waals surface area contributed by atoms with Gasteiger partial charge in [0, 0.05) is 11.8 Å². The van der Waals surface area contributed by atoms with Gasteiger partial charge in [-0.3, -0.25) is 4.79 Å². The highest BCUT2D eigenvalue weighted by atomic mass is 32.1. The van der Waals surface area contributed by atoms with Gasteiger partial charge in [-0.15, -0.1) is 11.3 Å². The molecule has 0 atom stereocenters. The Labute approximate surface area is 109 Å². The molecule has 5 heteroatoms. The summed E-state index contributed by atoms with van der Waals surface area (Å²) in [5.41, 5.74) is 0.613. The maximum atomic E-state index is 10.5. The number of aliphatic carboxylic acids is 1. The zero-order valence-electron chi connectivity index (χ0n) is 9.70. The van der Waals surface area contributed by atoms with E-state index < -0.39 is 5.97 Å². The van der Waals surface area contributed by atoms with Crippen LogP contribution in [0.25, 0.3) is 0 Å². The third kappa shape index (κ3) is 3.85. The highest BCUT2D eigenvalue weighted by molar-refractivity contribution is 7.09. The number of carboxylic acids is 1. The molecule has 1 aromatic heterocycles. The second-order valence-corrected chi connectivity index (χ2v) is 4.66. The Kier molecular flexibility index (Phi) is 4.30. The van der Waals surface area contributed by atoms with Gasteiger partial charge in [-0.2, -0.15) is 0 Å². The van der Waals surface area contributed by atoms with Gasteiger partial charge in [0.25, 0.3) is 0 Å². The van der Waals surface area contributed by atoms with Crippen LogP contribution in [0.4, 0.5) is 0 Å². The summed E-state index contributed by atoms with van der Waals surface area (Å²) < 4.78 is 5.55. The van der Waals surface area contributed by atoms with Crippen molar-refractivity contribution in [3.8, 4) is 5.75 Å². The van der Waals surface area contributed by atoms with E-state index in [9.17, 15) is 4.79 Å². The van der Waals surface area contributed by atoms with Crippen molar-refractivity contribution in [2.24, 2.45) is 0 Å². The van der Waals surface area contributed by atoms with Crippen LogP contribution in [0.5, 0.6) is 5.75 Å². The quantitative estimate of drug-likeness (QED) is 0.869. The number of hydrogen-bond donors (Lipinski definition) is 1. The van der Waals surface area contributed by atoms with Crippen LogP contribution < -0.4 is 4.74 Å². The fourth-order valence-corrected chi connectivity index (χ4v) is 2.25. The van der Waals surface area contributed by atoms with Crippen molar-refractivity contribution in [2.75, 3.05) is 6.61 Å². The molecule has 0 unspecified atom stereocenters. The summed E-state index contributed by atoms with van der Waals surface area (Å²) in [5, 5.41) is 11.3. The van der Waals surface area contributed by atoms with E-state index in [2.05, 4.69) is 4.98 Å². The summed E-state index contributed by atoms with van der Waals surface area (Å²) >= 11 is 1.47. The summed E-state index contributed by atoms with van der Waals surface area (Å²) in [6.07, 6.45) is 0.676. The first-order valence-electron chi connectivity index (χ1n) is 5.57. The Morgan fingerprint density at radius 1 is 1.33 bits per heavy atom. The van der Waals surface area contributed by atoms with Gasteiger partial charge in [-0.25, -0.2) is 4.98 Å². The van der Waals surface area contributed by atoms with Crippen molar-refractivity contribution < 1.29 is 14.6 Å². The third-order valence-electron chi connectivity index (χ3n) is 2.26. The van der Waals surface area contributed by atoms with Crippen LogP contribution in [0.1, 0.15) is 10.7 Å². The number of carboxylic acid groups (broad SMARTS) is 1. The monoisotopic (exact) mass is 263 g/mol. The zero-order chi connectivity index (χ0) is 12.8. The Morgan fingerprint density at radius 3 is 2.83 bits per heavy atom. The molecule has 1 aromatic carbocycles. The van der Waals surface area contributed by atoms with Crippen LogP contribution in [0.2, 0.25) is 0 Å². The maximum Gasteiger partial charge on any atom is 0.309 e. The van der Waals surface area contributed by atoms with Gasteiger partial charge < -0.3 is 9.84 Å². The number of para-hydroxylation sites is 1. The average Bonchev–Trinajstić information content (AvgIpc) is 2.77. The Balaban J connectivity index is 1.80. The van der Waals surface area contributed by atoms with Gasteiger partial charge in [0.1, 0.15) is 5.75 Å². The Bertz CT molecular complexity index is 510. The predicted octanol–water partition coefficient (Wildman–Crippen LogP) is 2.39. The van der Waals surface area contributed by atoms with Crippen molar-refractivity contribution in [1.82, 2.24) is 4.98 Å². The molecule has 0 radical (unpaired) electrons. The first-order chi connectivity index (χ1) is 8.74. The number of benzene rings is 1. The van der Waals surface area contributed by atoms with E-state index in [4.69, 9.17) is 9.84 Å². The molecule has 0 saturated heterocycles. The Morgan fingerprint density at radius 2 is 2.11 bits per heavy atom. The number of carbonyl (C=O) groups is 1. The number of ether oxygens (including phenoxy) is 1. The molecule has 2 rings (SSSR count). The van der Waals surface area contributed by atoms with Crippen molar-refractivity contribution in [3.63, 3.8) is 0 Å². The molecule has 0 amide bonds. The molecule has 0 saturated carbocycles. The van der Waals surface area contributed by atoms with Crippen molar-refractivity contribution in [2.45, 2.75) is 12.8 Å². The maximum absolute atomic E-state index is 10.5. The smallest absolute Gasteiger partial charge is 0.309 e. The highest BCUT2D eigenvalue weighted by Gasteiger charge is 2.06. The minimum Gasteiger partial charge on any atom is -0.493 e. The van der Waals surface area contributed by atoms with Gasteiger partial charge in [-0.05, 0) is 12.1 Å². The second-order valence-electron chi connectivity index (χ2n) is 3.71. The second kappa shape index (κ2) is 6.16. The summed E-state index contributed by atoms with van der Waals surface area (Å²) in [6.45, 7) is 0.546. The van der Waals surface area contributed by atoms with E-state index in [1.165, 1.54) is 11.3 Å². The SMILES string of the molecule is O=C(O)Cc1csc(CCOc2ccccc2)n1. The van der Waals surface area contributed by atoms with Crippen LogP contribution in [0.15, 0.2) is 35.7 Å². The lowest BCUT2D eigenvalue weighted by atomic mass is 10.3. The molecule has 0 fully saturated rings. The van der Waals surface area contributed by atoms with Crippen LogP contribution >= 0.6 is 11.3 Å². The molecule has 0 spiro atoms. The van der Waals surface area contributed by atoms with E-state index in [-0.39, 0.29) is 6.42 Å². The zero-order valence-corrected chi connectivity index (χ0v) is 10.5. The molecule has 0 bridgehead atoms. The molecule has 0 aliphatic carbocycles. The van der Waals surface area contributed by atoms with E-state index in [1.54, 1.807) is 5.38 Å². The minimum atomic E-state index is -0.854. The molecule has 2 aromatic rings. The number of hydrogen-bond acceptors (Lipinski definition) is 4. The molecule has 94 valence electrons. The van der Waals surface area contributed by atoms with Crippen LogP contribution in [-0.4, -0.2) is 22.7 Å². The van der Waals surface area contributed by atoms with E-state index in [1.807, 2.05) is 30.3 Å². The van der Waals surface area contributed by atoms with Gasteiger partial charge in [-0.1, -0.05) is 18.2 Å². The first-order valence-corrected chi connectivity index (χ1v) is 6.45. The molecule has 18 heavy (non-hydrogen) atoms. The fraction of sp³-hybridized carbons (Fsp3) is 0.231. The largest absolute Gasteiger partial charge is 0.493 e. The predicted molar refractivity (Wildman–Crippen MR) is 69.1 cm³/mol. The number of rotatable bonds is 6. The molecule has 4 nitrogen and oxygen atoms in total. The summed E-state index contributed by atoms with van der Waals surface area (Å²) in [6, 6.07) is 9.58. The van der Waals surface area contributed by atoms with E-state index >= 15 is 0 Å². The van der Waals surface area contributed by atoms with Crippen LogP contribution in [0, 0.1) is 0 Å². The normalized spacial score (nSPS) is 10.2. The molecule has 1 heterocycles. The Hall–Kier alpha value is -1.88. The van der Waals surface area contributed by atoms with Crippen molar-refractivity contribution in [1.29, 1.82) is 0 Å². The number of nitrogens with zero attached hydrogens (tertiary/aromatic N) is 1. The van der Waals surface area contributed by atoms with E-state index in [0.29, 0.717) is 18.7 Å². The number of aromatic nitrogens is 1. The van der Waals surface area contributed by atoms with Crippen molar-refractivity contribution in [3.05, 3.63) is 46.4 Å². The van der Waals surface area contributed by atoms with Crippen LogP contribution in [-0.2, 0) is 17.6 Å². The van der Waals surface area contributed by atoms with Crippen LogP contribution in [0.3, 0.4) is 0 Å². The lowest BCUT2D eigenvalue weighted by Gasteiger charge is -2.03. The first kappa shape index (κ1) is 12.6. The molecular formula is C13H13NO3S. The van der Waals surface area contributed by atoms with E-state index in [0.717, 1.165) is 10.8 Å². The van der Waals surface area contributed by atoms with Crippen molar-refractivity contribution >= 4 is 17.3 Å². The van der Waals surface area contributed by atoms with Gasteiger partial charge in [0.05, 0.1) is 23.7 Å². The molecule has 0 aliphatic heterocycles. The lowest BCUT2D eigenvalue weighted by molar-refractivity contribution is -0.136. The van der Waals surface area contributed by atoms with Gasteiger partial charge in [0.15, 0.2) is 0 Å². The summed E-state index contributed by atoms with van der Waals surface area (Å²) in [7, 11) is 0. The fourth-order valence-electron chi connectivity index (χ4n) is 1.47. The highest BCUT2D eigenvalue weighted by Crippen LogP contribution is 2.13. The third-order valence-corrected chi connectivity index (χ3v) is 3.22. The molecule has 1 N–H and O–H groups in total. The number of thiazole rings is 1. The van der Waals surface area contributed by atoms with Gasteiger partial charge >= 0.3 is 5.97 Å². The van der Waals surface area contributed by atoms with Gasteiger partial charge in [0.2, 0.25) is 0 Å². The standard InChI is InChI=1S/C13H13NO3S/c15-13(16)8-10-9-18-12(14-10)6-7-17-11-4-2-1-3-5-11/h1-5,9H,6-8H2,(H,15,16). The summed E-state index contributed by atoms with van der Waals surface area (Å²) in [4.78, 5) is 14.8. The molecular weight excluding hydrogens is 250 g/mol.